The van der Waals surface area contributed by atoms with Gasteiger partial charge in [0.05, 0.1) is 18.9 Å². The number of hydrogen-bond donors (Lipinski definition) is 1. The Bertz CT molecular complexity index is 1020. The van der Waals surface area contributed by atoms with E-state index in [0.29, 0.717) is 23.7 Å². The van der Waals surface area contributed by atoms with E-state index in [1.165, 1.54) is 6.21 Å². The van der Waals surface area contributed by atoms with Gasteiger partial charge < -0.3 is 9.47 Å². The van der Waals surface area contributed by atoms with E-state index < -0.39 is 0 Å². The minimum atomic E-state index is -0.375. The van der Waals surface area contributed by atoms with Crippen molar-refractivity contribution in [2.24, 2.45) is 5.10 Å². The van der Waals surface area contributed by atoms with Crippen LogP contribution in [0.25, 0.3) is 0 Å². The number of ether oxygens (including phenoxy) is 2. The molecule has 0 spiro atoms. The van der Waals surface area contributed by atoms with Crippen molar-refractivity contribution in [2.75, 3.05) is 7.11 Å². The number of hydrazone groups is 1. The predicted molar refractivity (Wildman–Crippen MR) is 121 cm³/mol. The quantitative estimate of drug-likeness (QED) is 0.329. The summed E-state index contributed by atoms with van der Waals surface area (Å²) in [6.07, 6.45) is 1.53. The van der Waals surface area contributed by atoms with Crippen LogP contribution in [0.1, 0.15) is 21.5 Å². The average molecular weight is 518 g/mol. The highest BCUT2D eigenvalue weighted by Gasteiger charge is 2.13. The van der Waals surface area contributed by atoms with Crippen molar-refractivity contribution in [1.82, 2.24) is 5.43 Å². The van der Waals surface area contributed by atoms with Gasteiger partial charge >= 0.3 is 0 Å². The second kappa shape index (κ2) is 10.2. The van der Waals surface area contributed by atoms with Gasteiger partial charge in [-0.15, -0.1) is 0 Å². The Morgan fingerprint density at radius 2 is 1.69 bits per heavy atom. The van der Waals surface area contributed by atoms with Crippen molar-refractivity contribution in [3.8, 4) is 11.5 Å². The summed E-state index contributed by atoms with van der Waals surface area (Å²) in [6.45, 7) is 0.362. The maximum absolute atomic E-state index is 12.7. The molecular weight excluding hydrogens is 500 g/mol. The number of methoxy groups -OCH3 is 1. The molecule has 3 rings (SSSR count). The first kappa shape index (κ1) is 21.1. The molecule has 0 unspecified atom stereocenters. The minimum absolute atomic E-state index is 0.362. The van der Waals surface area contributed by atoms with Crippen molar-refractivity contribution in [1.29, 1.82) is 0 Å². The Balaban J connectivity index is 1.73. The Labute approximate surface area is 186 Å². The molecule has 0 saturated heterocycles. The van der Waals surface area contributed by atoms with Crippen molar-refractivity contribution < 1.29 is 14.3 Å². The second-order valence-electron chi connectivity index (χ2n) is 6.00. The Kier molecular flexibility index (Phi) is 7.43. The highest BCUT2D eigenvalue weighted by atomic mass is 79.9. The van der Waals surface area contributed by atoms with Gasteiger partial charge in [-0.2, -0.15) is 5.10 Å². The van der Waals surface area contributed by atoms with E-state index in [4.69, 9.17) is 9.47 Å². The molecule has 0 aromatic heterocycles. The Morgan fingerprint density at radius 1 is 1.00 bits per heavy atom. The monoisotopic (exact) mass is 516 g/mol. The van der Waals surface area contributed by atoms with Gasteiger partial charge in [0.15, 0.2) is 0 Å². The van der Waals surface area contributed by atoms with Gasteiger partial charge in [0.1, 0.15) is 18.1 Å². The van der Waals surface area contributed by atoms with Crippen LogP contribution >= 0.6 is 31.9 Å². The van der Waals surface area contributed by atoms with Crippen molar-refractivity contribution >= 4 is 44.0 Å². The average Bonchev–Trinajstić information content (AvgIpc) is 2.73. The maximum atomic E-state index is 12.7. The molecule has 0 atom stereocenters. The largest absolute Gasteiger partial charge is 0.496 e. The van der Waals surface area contributed by atoms with E-state index in [1.807, 2.05) is 54.6 Å². The number of nitrogens with zero attached hydrogens (tertiary/aromatic N) is 1. The Hall–Kier alpha value is -2.64. The number of rotatable bonds is 7. The van der Waals surface area contributed by atoms with Crippen molar-refractivity contribution in [2.45, 2.75) is 6.61 Å². The zero-order valence-corrected chi connectivity index (χ0v) is 18.7. The lowest BCUT2D eigenvalue weighted by molar-refractivity contribution is 0.0950. The molecule has 3 aromatic carbocycles. The van der Waals surface area contributed by atoms with Crippen LogP contribution in [-0.4, -0.2) is 19.2 Å². The minimum Gasteiger partial charge on any atom is -0.496 e. The molecular formula is C22H18Br2N2O3. The highest BCUT2D eigenvalue weighted by Crippen LogP contribution is 2.24. The Morgan fingerprint density at radius 3 is 2.41 bits per heavy atom. The number of halogens is 2. The summed E-state index contributed by atoms with van der Waals surface area (Å²) >= 11 is 6.81. The summed E-state index contributed by atoms with van der Waals surface area (Å²) in [6, 6.07) is 20.6. The SMILES string of the molecule is COc1ccc(Br)cc1/C=N/NC(=O)c1cc(Br)ccc1OCc1ccccc1. The van der Waals surface area contributed by atoms with Gasteiger partial charge in [0.2, 0.25) is 0 Å². The molecule has 148 valence electrons. The molecule has 0 fully saturated rings. The van der Waals surface area contributed by atoms with E-state index in [1.54, 1.807) is 19.2 Å². The van der Waals surface area contributed by atoms with E-state index >= 15 is 0 Å². The third-order valence-electron chi connectivity index (χ3n) is 3.98. The first-order valence-electron chi connectivity index (χ1n) is 8.70. The van der Waals surface area contributed by atoms with Crippen LogP contribution in [0.4, 0.5) is 0 Å². The molecule has 0 aliphatic carbocycles. The number of carbonyl (C=O) groups is 1. The molecule has 7 heteroatoms. The predicted octanol–water partition coefficient (Wildman–Crippen LogP) is 5.56. The summed E-state index contributed by atoms with van der Waals surface area (Å²) in [5, 5.41) is 4.06. The number of carbonyl (C=O) groups excluding carboxylic acids is 1. The molecule has 5 nitrogen and oxygen atoms in total. The number of nitrogens with one attached hydrogen (secondary N) is 1. The molecule has 1 amide bonds. The van der Waals surface area contributed by atoms with Gasteiger partial charge in [-0.1, -0.05) is 62.2 Å². The third-order valence-corrected chi connectivity index (χ3v) is 4.97. The molecule has 0 aliphatic rings. The van der Waals surface area contributed by atoms with Crippen LogP contribution in [-0.2, 0) is 6.61 Å². The lowest BCUT2D eigenvalue weighted by atomic mass is 10.2. The number of benzene rings is 3. The first-order chi connectivity index (χ1) is 14.1. The topological polar surface area (TPSA) is 59.9 Å². The van der Waals surface area contributed by atoms with E-state index in [9.17, 15) is 4.79 Å². The van der Waals surface area contributed by atoms with Crippen molar-refractivity contribution in [3.63, 3.8) is 0 Å². The normalized spacial score (nSPS) is 10.7. The van der Waals surface area contributed by atoms with Crippen molar-refractivity contribution in [3.05, 3.63) is 92.4 Å². The fourth-order valence-electron chi connectivity index (χ4n) is 2.57. The third kappa shape index (κ3) is 5.92. The van der Waals surface area contributed by atoms with E-state index in [-0.39, 0.29) is 5.91 Å². The summed E-state index contributed by atoms with van der Waals surface area (Å²) in [4.78, 5) is 12.7. The summed E-state index contributed by atoms with van der Waals surface area (Å²) < 4.78 is 12.8. The number of amides is 1. The van der Waals surface area contributed by atoms with Crippen LogP contribution in [0.3, 0.4) is 0 Å². The van der Waals surface area contributed by atoms with E-state index in [0.717, 1.165) is 20.1 Å². The fraction of sp³-hybridized carbons (Fsp3) is 0.0909. The van der Waals surface area contributed by atoms with Crippen LogP contribution in [0.2, 0.25) is 0 Å². The summed E-state index contributed by atoms with van der Waals surface area (Å²) in [5.41, 5.74) is 4.67. The lowest BCUT2D eigenvalue weighted by Crippen LogP contribution is -2.19. The summed E-state index contributed by atoms with van der Waals surface area (Å²) in [5.74, 6) is 0.755. The van der Waals surface area contributed by atoms with Gasteiger partial charge in [-0.05, 0) is 42.0 Å². The van der Waals surface area contributed by atoms with Gasteiger partial charge in [0, 0.05) is 14.5 Å². The zero-order chi connectivity index (χ0) is 20.6. The zero-order valence-electron chi connectivity index (χ0n) is 15.6. The number of hydrogen-bond acceptors (Lipinski definition) is 4. The lowest BCUT2D eigenvalue weighted by Gasteiger charge is -2.11. The van der Waals surface area contributed by atoms with Gasteiger partial charge in [0.25, 0.3) is 5.91 Å². The molecule has 0 saturated carbocycles. The molecule has 29 heavy (non-hydrogen) atoms. The second-order valence-corrected chi connectivity index (χ2v) is 7.83. The highest BCUT2D eigenvalue weighted by molar-refractivity contribution is 9.10. The molecule has 1 N–H and O–H groups in total. The fourth-order valence-corrected chi connectivity index (χ4v) is 3.31. The standard InChI is InChI=1S/C22H18Br2N2O3/c1-28-20-9-7-17(23)11-16(20)13-25-26-22(27)19-12-18(24)8-10-21(19)29-14-15-5-3-2-4-6-15/h2-13H,14H2,1H3,(H,26,27)/b25-13+. The van der Waals surface area contributed by atoms with Crippen LogP contribution in [0, 0.1) is 0 Å². The van der Waals surface area contributed by atoms with Crippen LogP contribution in [0.15, 0.2) is 80.8 Å². The van der Waals surface area contributed by atoms with E-state index in [2.05, 4.69) is 42.4 Å². The van der Waals surface area contributed by atoms with Crippen LogP contribution in [0.5, 0.6) is 11.5 Å². The van der Waals surface area contributed by atoms with Crippen LogP contribution < -0.4 is 14.9 Å². The molecule has 0 radical (unpaired) electrons. The molecule has 3 aromatic rings. The summed E-state index contributed by atoms with van der Waals surface area (Å²) in [7, 11) is 1.58. The maximum Gasteiger partial charge on any atom is 0.275 e. The molecule has 0 aliphatic heterocycles. The van der Waals surface area contributed by atoms with Gasteiger partial charge in [-0.3, -0.25) is 4.79 Å². The first-order valence-corrected chi connectivity index (χ1v) is 10.3. The molecule has 0 heterocycles. The smallest absolute Gasteiger partial charge is 0.275 e. The van der Waals surface area contributed by atoms with Gasteiger partial charge in [-0.25, -0.2) is 5.43 Å². The molecule has 0 bridgehead atoms.